The van der Waals surface area contributed by atoms with Crippen molar-refractivity contribution in [3.63, 3.8) is 0 Å². The van der Waals surface area contributed by atoms with Gasteiger partial charge in [0, 0.05) is 25.0 Å². The summed E-state index contributed by atoms with van der Waals surface area (Å²) in [5, 5.41) is 22.3. The molecule has 0 aliphatic carbocycles. The first-order valence-corrected chi connectivity index (χ1v) is 11.6. The summed E-state index contributed by atoms with van der Waals surface area (Å²) in [6, 6.07) is 0. The zero-order valence-corrected chi connectivity index (χ0v) is 23.1. The highest BCUT2D eigenvalue weighted by atomic mass is 16.5. The van der Waals surface area contributed by atoms with Gasteiger partial charge < -0.3 is 24.4 Å². The van der Waals surface area contributed by atoms with E-state index in [1.54, 1.807) is 14.2 Å². The number of hydrogen-bond acceptors (Lipinski definition) is 5. The fourth-order valence-corrected chi connectivity index (χ4v) is 5.54. The lowest BCUT2D eigenvalue weighted by Gasteiger charge is -2.47. The van der Waals surface area contributed by atoms with Crippen molar-refractivity contribution >= 4 is 0 Å². The van der Waals surface area contributed by atoms with Crippen LogP contribution in [0.5, 0.6) is 0 Å². The molecule has 5 heteroatoms. The Morgan fingerprint density at radius 1 is 0.548 bits per heavy atom. The van der Waals surface area contributed by atoms with E-state index in [1.807, 2.05) is 27.7 Å². The Morgan fingerprint density at radius 2 is 0.903 bits per heavy atom. The molecule has 0 rings (SSSR count). The summed E-state index contributed by atoms with van der Waals surface area (Å²) in [5.74, 6) is 0. The van der Waals surface area contributed by atoms with Gasteiger partial charge in [-0.1, -0.05) is 55.4 Å². The molecule has 0 aromatic carbocycles. The van der Waals surface area contributed by atoms with Gasteiger partial charge in [0.2, 0.25) is 0 Å². The lowest BCUT2D eigenvalue weighted by molar-refractivity contribution is -0.152. The van der Waals surface area contributed by atoms with Crippen LogP contribution in [-0.4, -0.2) is 61.1 Å². The molecule has 0 amide bonds. The minimum absolute atomic E-state index is 0.310. The van der Waals surface area contributed by atoms with E-state index >= 15 is 0 Å². The van der Waals surface area contributed by atoms with Crippen LogP contribution in [0.15, 0.2) is 0 Å². The van der Waals surface area contributed by atoms with Gasteiger partial charge >= 0.3 is 0 Å². The number of ether oxygens (including phenoxy) is 3. The average Bonchev–Trinajstić information content (AvgIpc) is 2.57. The van der Waals surface area contributed by atoms with E-state index in [1.165, 1.54) is 0 Å². The van der Waals surface area contributed by atoms with E-state index < -0.39 is 23.2 Å². The zero-order valence-electron chi connectivity index (χ0n) is 23.1. The summed E-state index contributed by atoms with van der Waals surface area (Å²) in [7, 11) is 3.38. The fourth-order valence-electron chi connectivity index (χ4n) is 5.54. The Morgan fingerprint density at radius 3 is 1.26 bits per heavy atom. The maximum absolute atomic E-state index is 11.3. The maximum atomic E-state index is 11.3. The second kappa shape index (κ2) is 10.4. The minimum Gasteiger partial charge on any atom is -0.392 e. The van der Waals surface area contributed by atoms with Crippen molar-refractivity contribution in [2.24, 2.45) is 21.7 Å². The third kappa shape index (κ3) is 9.29. The maximum Gasteiger partial charge on any atom is 0.0665 e. The van der Waals surface area contributed by atoms with Crippen molar-refractivity contribution < 1.29 is 24.4 Å². The molecule has 0 fully saturated rings. The normalized spacial score (nSPS) is 17.0. The quantitative estimate of drug-likeness (QED) is 0.371. The zero-order chi connectivity index (χ0) is 25.1. The van der Waals surface area contributed by atoms with E-state index in [4.69, 9.17) is 14.2 Å². The molecule has 5 nitrogen and oxygen atoms in total. The van der Waals surface area contributed by atoms with Crippen molar-refractivity contribution in [3.05, 3.63) is 0 Å². The van der Waals surface area contributed by atoms with Crippen molar-refractivity contribution in [2.75, 3.05) is 27.4 Å². The Labute approximate surface area is 193 Å². The van der Waals surface area contributed by atoms with Crippen molar-refractivity contribution in [1.82, 2.24) is 0 Å². The highest BCUT2D eigenvalue weighted by molar-refractivity contribution is 4.95. The van der Waals surface area contributed by atoms with Gasteiger partial charge in [0.15, 0.2) is 0 Å². The van der Waals surface area contributed by atoms with Crippen LogP contribution in [0.1, 0.15) is 95.9 Å². The third-order valence-electron chi connectivity index (χ3n) is 6.63. The number of aliphatic hydroxyl groups excluding tert-OH is 2. The van der Waals surface area contributed by atoms with Gasteiger partial charge in [-0.25, -0.2) is 0 Å². The van der Waals surface area contributed by atoms with Gasteiger partial charge in [-0.05, 0) is 51.4 Å². The Hall–Kier alpha value is -0.200. The van der Waals surface area contributed by atoms with Gasteiger partial charge in [-0.2, -0.15) is 0 Å². The highest BCUT2D eigenvalue weighted by Crippen LogP contribution is 2.43. The number of hydrogen-bond donors (Lipinski definition) is 2. The van der Waals surface area contributed by atoms with Crippen molar-refractivity contribution in [1.29, 1.82) is 0 Å². The van der Waals surface area contributed by atoms with Crippen LogP contribution in [-0.2, 0) is 14.2 Å². The van der Waals surface area contributed by atoms with E-state index in [-0.39, 0.29) is 21.8 Å². The van der Waals surface area contributed by atoms with Gasteiger partial charge in [0.1, 0.15) is 0 Å². The van der Waals surface area contributed by atoms with Crippen molar-refractivity contribution in [2.45, 2.75) is 119 Å². The summed E-state index contributed by atoms with van der Waals surface area (Å²) in [6.45, 7) is 25.6. The molecule has 0 aliphatic heterocycles. The molecule has 2 N–H and O–H groups in total. The SMILES string of the molecule is COCC(C)(C)C(O)C(C)(C)CC(C)(C)OCC(C)(C)C(O)C(C)(C)CC(C)(C)OC. The van der Waals surface area contributed by atoms with Gasteiger partial charge in [-0.15, -0.1) is 0 Å². The van der Waals surface area contributed by atoms with Crippen LogP contribution < -0.4 is 0 Å². The highest BCUT2D eigenvalue weighted by Gasteiger charge is 2.45. The fraction of sp³-hybridized carbons (Fsp3) is 1.00. The molecule has 2 atom stereocenters. The van der Waals surface area contributed by atoms with E-state index in [0.29, 0.717) is 19.6 Å². The molecule has 0 aliphatic rings. The van der Waals surface area contributed by atoms with Gasteiger partial charge in [-0.3, -0.25) is 0 Å². The standard InChI is InChI=1S/C26H54O5/c1-21(2,15-25(9,10)30-14)20(28)24(7,8)18-31-26(11,12)16-22(3,4)19(27)23(5,6)17-29-13/h19-20,27-28H,15-18H2,1-14H3. The predicted octanol–water partition coefficient (Wildman–Crippen LogP) is 5.46. The first-order valence-electron chi connectivity index (χ1n) is 11.6. The molecule has 188 valence electrons. The lowest BCUT2D eigenvalue weighted by Crippen LogP contribution is -2.50. The molecule has 31 heavy (non-hydrogen) atoms. The molecule has 0 saturated carbocycles. The van der Waals surface area contributed by atoms with Crippen LogP contribution in [0.3, 0.4) is 0 Å². The minimum atomic E-state index is -0.565. The van der Waals surface area contributed by atoms with E-state index in [2.05, 4.69) is 55.4 Å². The first kappa shape index (κ1) is 30.8. The number of methoxy groups -OCH3 is 2. The summed E-state index contributed by atoms with van der Waals surface area (Å²) >= 11 is 0. The molecule has 0 spiro atoms. The molecule has 0 bridgehead atoms. The first-order chi connectivity index (χ1) is 13.6. The topological polar surface area (TPSA) is 68.2 Å². The molecule has 2 unspecified atom stereocenters. The van der Waals surface area contributed by atoms with Crippen LogP contribution in [0, 0.1) is 21.7 Å². The molecular weight excluding hydrogens is 392 g/mol. The Bertz CT molecular complexity index is 546. The summed E-state index contributed by atoms with van der Waals surface area (Å²) in [4.78, 5) is 0. The molecular formula is C26H54O5. The number of rotatable bonds is 14. The summed E-state index contributed by atoms with van der Waals surface area (Å²) < 4.78 is 17.3. The molecule has 0 radical (unpaired) electrons. The summed E-state index contributed by atoms with van der Waals surface area (Å²) in [6.07, 6.45) is 0.305. The number of aliphatic hydroxyl groups is 2. The van der Waals surface area contributed by atoms with Crippen LogP contribution in [0.4, 0.5) is 0 Å². The van der Waals surface area contributed by atoms with Crippen LogP contribution in [0.25, 0.3) is 0 Å². The smallest absolute Gasteiger partial charge is 0.0665 e. The van der Waals surface area contributed by atoms with Gasteiger partial charge in [0.05, 0.1) is 36.6 Å². The van der Waals surface area contributed by atoms with Crippen LogP contribution in [0.2, 0.25) is 0 Å². The second-order valence-electron chi connectivity index (χ2n) is 13.6. The predicted molar refractivity (Wildman–Crippen MR) is 129 cm³/mol. The lowest BCUT2D eigenvalue weighted by atomic mass is 9.67. The molecule has 0 aromatic heterocycles. The Balaban J connectivity index is 5.27. The average molecular weight is 447 g/mol. The van der Waals surface area contributed by atoms with Crippen LogP contribution >= 0.6 is 0 Å². The third-order valence-corrected chi connectivity index (χ3v) is 6.63. The van der Waals surface area contributed by atoms with E-state index in [9.17, 15) is 10.2 Å². The molecule has 0 aromatic rings. The monoisotopic (exact) mass is 446 g/mol. The van der Waals surface area contributed by atoms with Gasteiger partial charge in [0.25, 0.3) is 0 Å². The molecule has 0 saturated heterocycles. The van der Waals surface area contributed by atoms with Crippen molar-refractivity contribution in [3.8, 4) is 0 Å². The second-order valence-corrected chi connectivity index (χ2v) is 13.6. The Kier molecular flexibility index (Phi) is 10.3. The molecule has 0 heterocycles. The summed E-state index contributed by atoms with van der Waals surface area (Å²) in [5.41, 5.74) is -2.27. The van der Waals surface area contributed by atoms with E-state index in [0.717, 1.165) is 6.42 Å². The largest absolute Gasteiger partial charge is 0.392 e.